The monoisotopic (exact) mass is 137 g/mol. The highest BCUT2D eigenvalue weighted by Crippen LogP contribution is 1.98. The van der Waals surface area contributed by atoms with Gasteiger partial charge in [-0.2, -0.15) is 0 Å². The highest BCUT2D eigenvalue weighted by Gasteiger charge is 1.93. The van der Waals surface area contributed by atoms with E-state index in [1.165, 1.54) is 6.08 Å². The highest BCUT2D eigenvalue weighted by atomic mass is 16.1. The van der Waals surface area contributed by atoms with Gasteiger partial charge in [0.25, 0.3) is 0 Å². The van der Waals surface area contributed by atoms with Crippen molar-refractivity contribution in [3.63, 3.8) is 0 Å². The summed E-state index contributed by atoms with van der Waals surface area (Å²) < 4.78 is 0. The number of rotatable bonds is 3. The number of nitrogens with two attached hydrogens (primary N) is 1. The van der Waals surface area contributed by atoms with E-state index in [0.29, 0.717) is 17.6 Å². The summed E-state index contributed by atoms with van der Waals surface area (Å²) in [6, 6.07) is 0. The van der Waals surface area contributed by atoms with Gasteiger partial charge >= 0.3 is 0 Å². The predicted octanol–water partition coefficient (Wildman–Crippen LogP) is 1.16. The molecule has 0 unspecified atom stereocenters. The molecule has 0 aromatic rings. The van der Waals surface area contributed by atoms with Gasteiger partial charge in [0.05, 0.1) is 0 Å². The number of carbonyl (C=O) groups excluding carboxylic acids is 1. The molecule has 0 aromatic heterocycles. The average Bonchev–Trinajstić information content (AvgIpc) is 1.99. The van der Waals surface area contributed by atoms with Gasteiger partial charge in [-0.15, -0.1) is 0 Å². The molecule has 2 nitrogen and oxygen atoms in total. The van der Waals surface area contributed by atoms with Gasteiger partial charge in [-0.25, -0.2) is 0 Å². The minimum Gasteiger partial charge on any atom is -0.398 e. The first-order chi connectivity index (χ1) is 4.76. The molecule has 2 N–H and O–H groups in total. The van der Waals surface area contributed by atoms with Crippen molar-refractivity contribution in [1.29, 1.82) is 0 Å². The molecule has 0 aromatic carbocycles. The maximum atomic E-state index is 10.3. The third-order valence-corrected chi connectivity index (χ3v) is 1.07. The first-order valence-electron chi connectivity index (χ1n) is 2.96. The smallest absolute Gasteiger partial charge is 0.152 e. The van der Waals surface area contributed by atoms with Crippen LogP contribution in [0.15, 0.2) is 36.1 Å². The van der Waals surface area contributed by atoms with Crippen LogP contribution in [0.3, 0.4) is 0 Å². The van der Waals surface area contributed by atoms with Crippen molar-refractivity contribution in [3.8, 4) is 0 Å². The Balaban J connectivity index is 4.51. The standard InChI is InChI=1S/C8H11NO/c1-3-5-7(6-10)8(9)4-2/h3-6H,1,9H2,2H3/b7-5-,8-4+. The molecule has 0 amide bonds. The minimum absolute atomic E-state index is 0.470. The van der Waals surface area contributed by atoms with Crippen LogP contribution in [-0.2, 0) is 4.79 Å². The molecule has 0 aliphatic heterocycles. The van der Waals surface area contributed by atoms with Crippen LogP contribution in [0.5, 0.6) is 0 Å². The largest absolute Gasteiger partial charge is 0.398 e. The van der Waals surface area contributed by atoms with Gasteiger partial charge < -0.3 is 5.73 Å². The van der Waals surface area contributed by atoms with Gasteiger partial charge in [0.1, 0.15) is 0 Å². The summed E-state index contributed by atoms with van der Waals surface area (Å²) in [4.78, 5) is 10.3. The summed E-state index contributed by atoms with van der Waals surface area (Å²) >= 11 is 0. The number of carbonyl (C=O) groups is 1. The second-order valence-electron chi connectivity index (χ2n) is 1.72. The van der Waals surface area contributed by atoms with Gasteiger partial charge in [0.2, 0.25) is 0 Å². The average molecular weight is 137 g/mol. The van der Waals surface area contributed by atoms with E-state index in [1.54, 1.807) is 19.1 Å². The van der Waals surface area contributed by atoms with Crippen LogP contribution >= 0.6 is 0 Å². The van der Waals surface area contributed by atoms with E-state index in [2.05, 4.69) is 6.58 Å². The van der Waals surface area contributed by atoms with E-state index in [4.69, 9.17) is 5.73 Å². The van der Waals surface area contributed by atoms with Crippen LogP contribution in [0, 0.1) is 0 Å². The molecule has 54 valence electrons. The fourth-order valence-corrected chi connectivity index (χ4v) is 0.497. The Bertz CT molecular complexity index is 189. The van der Waals surface area contributed by atoms with Crippen molar-refractivity contribution in [2.24, 2.45) is 5.73 Å². The van der Waals surface area contributed by atoms with Gasteiger partial charge in [-0.1, -0.05) is 24.8 Å². The van der Waals surface area contributed by atoms with Crippen molar-refractivity contribution in [2.45, 2.75) is 6.92 Å². The summed E-state index contributed by atoms with van der Waals surface area (Å²) in [5.41, 5.74) is 6.38. The Labute approximate surface area is 60.7 Å². The SMILES string of the molecule is C=C/C=C(C=O)\C(N)=C/C. The number of hydrogen-bond acceptors (Lipinski definition) is 2. The Morgan fingerprint density at radius 3 is 2.50 bits per heavy atom. The summed E-state index contributed by atoms with van der Waals surface area (Å²) in [5.74, 6) is 0. The molecule has 0 saturated heterocycles. The molecular formula is C8H11NO. The third kappa shape index (κ3) is 2.31. The van der Waals surface area contributed by atoms with E-state index in [9.17, 15) is 4.79 Å². The second kappa shape index (κ2) is 4.56. The lowest BCUT2D eigenvalue weighted by molar-refractivity contribution is -0.104. The minimum atomic E-state index is 0.470. The van der Waals surface area contributed by atoms with E-state index in [-0.39, 0.29) is 0 Å². The second-order valence-corrected chi connectivity index (χ2v) is 1.72. The van der Waals surface area contributed by atoms with E-state index < -0.39 is 0 Å². The molecular weight excluding hydrogens is 126 g/mol. The summed E-state index contributed by atoms with van der Waals surface area (Å²) in [5, 5.41) is 0. The van der Waals surface area contributed by atoms with Crippen molar-refractivity contribution >= 4 is 6.29 Å². The Morgan fingerprint density at radius 1 is 1.60 bits per heavy atom. The molecule has 0 rings (SSSR count). The van der Waals surface area contributed by atoms with Crippen LogP contribution in [0.1, 0.15) is 6.92 Å². The zero-order valence-corrected chi connectivity index (χ0v) is 6.00. The molecule has 0 aliphatic rings. The predicted molar refractivity (Wildman–Crippen MR) is 42.3 cm³/mol. The fraction of sp³-hybridized carbons (Fsp3) is 0.125. The quantitative estimate of drug-likeness (QED) is 0.360. The van der Waals surface area contributed by atoms with Gasteiger partial charge in [-0.05, 0) is 6.92 Å². The first-order valence-corrected chi connectivity index (χ1v) is 2.96. The summed E-state index contributed by atoms with van der Waals surface area (Å²) in [6.07, 6.45) is 5.48. The highest BCUT2D eigenvalue weighted by molar-refractivity contribution is 5.80. The summed E-state index contributed by atoms with van der Waals surface area (Å²) in [7, 11) is 0. The van der Waals surface area contributed by atoms with Gasteiger partial charge in [0, 0.05) is 11.3 Å². The summed E-state index contributed by atoms with van der Waals surface area (Å²) in [6.45, 7) is 5.22. The maximum absolute atomic E-state index is 10.3. The van der Waals surface area contributed by atoms with Crippen molar-refractivity contribution in [2.75, 3.05) is 0 Å². The molecule has 0 heterocycles. The lowest BCUT2D eigenvalue weighted by Crippen LogP contribution is -2.01. The molecule has 0 aliphatic carbocycles. The molecule has 0 atom stereocenters. The maximum Gasteiger partial charge on any atom is 0.152 e. The van der Waals surface area contributed by atoms with Crippen LogP contribution in [-0.4, -0.2) is 6.29 Å². The number of allylic oxidation sites excluding steroid dienone is 4. The Kier molecular flexibility index (Phi) is 3.96. The first kappa shape index (κ1) is 8.69. The van der Waals surface area contributed by atoms with Gasteiger partial charge in [0.15, 0.2) is 6.29 Å². The Hall–Kier alpha value is -1.31. The molecule has 0 bridgehead atoms. The molecule has 0 saturated carbocycles. The number of aldehydes is 1. The van der Waals surface area contributed by atoms with Crippen LogP contribution in [0.2, 0.25) is 0 Å². The Morgan fingerprint density at radius 2 is 2.20 bits per heavy atom. The topological polar surface area (TPSA) is 43.1 Å². The van der Waals surface area contributed by atoms with Crippen molar-refractivity contribution in [1.82, 2.24) is 0 Å². The van der Waals surface area contributed by atoms with Crippen molar-refractivity contribution < 1.29 is 4.79 Å². The normalized spacial score (nSPS) is 12.9. The molecule has 0 spiro atoms. The molecule has 0 fully saturated rings. The van der Waals surface area contributed by atoms with Crippen LogP contribution in [0.25, 0.3) is 0 Å². The lowest BCUT2D eigenvalue weighted by Gasteiger charge is -1.94. The fourth-order valence-electron chi connectivity index (χ4n) is 0.497. The lowest BCUT2D eigenvalue weighted by atomic mass is 10.2. The zero-order chi connectivity index (χ0) is 7.98. The van der Waals surface area contributed by atoms with E-state index >= 15 is 0 Å². The molecule has 0 radical (unpaired) electrons. The van der Waals surface area contributed by atoms with E-state index in [1.807, 2.05) is 0 Å². The van der Waals surface area contributed by atoms with Crippen LogP contribution in [0.4, 0.5) is 0 Å². The van der Waals surface area contributed by atoms with Gasteiger partial charge in [-0.3, -0.25) is 4.79 Å². The van der Waals surface area contributed by atoms with Crippen LogP contribution < -0.4 is 5.73 Å². The molecule has 2 heteroatoms. The number of hydrogen-bond donors (Lipinski definition) is 1. The van der Waals surface area contributed by atoms with E-state index in [0.717, 1.165) is 0 Å². The third-order valence-electron chi connectivity index (χ3n) is 1.07. The molecule has 10 heavy (non-hydrogen) atoms. The zero-order valence-electron chi connectivity index (χ0n) is 6.00. The van der Waals surface area contributed by atoms with Crippen molar-refractivity contribution in [3.05, 3.63) is 36.1 Å².